The van der Waals surface area contributed by atoms with E-state index in [1.54, 1.807) is 39.8 Å². The summed E-state index contributed by atoms with van der Waals surface area (Å²) in [6.45, 7) is 15.2. The lowest BCUT2D eigenvalue weighted by Gasteiger charge is -2.28. The van der Waals surface area contributed by atoms with Gasteiger partial charge in [-0.25, -0.2) is 4.79 Å². The molecule has 0 aromatic carbocycles. The number of ether oxygens (including phenoxy) is 4. The van der Waals surface area contributed by atoms with Crippen LogP contribution in [0.15, 0.2) is 23.3 Å². The Hall–Kier alpha value is -2.52. The predicted octanol–water partition coefficient (Wildman–Crippen LogP) is 3.07. The van der Waals surface area contributed by atoms with E-state index in [0.717, 1.165) is 0 Å². The van der Waals surface area contributed by atoms with E-state index < -0.39 is 64.9 Å². The highest BCUT2D eigenvalue weighted by Gasteiger charge is 2.84. The first kappa shape index (κ1) is 28.5. The lowest BCUT2D eigenvalue weighted by Crippen LogP contribution is -2.43. The molecule has 0 aromatic heterocycles. The molecule has 1 aliphatic heterocycles. The van der Waals surface area contributed by atoms with Crippen LogP contribution in [0.3, 0.4) is 0 Å². The smallest absolute Gasteiger partial charge is 0.333 e. The van der Waals surface area contributed by atoms with Gasteiger partial charge in [0.15, 0.2) is 17.0 Å². The maximum absolute atomic E-state index is 14.2. The zero-order valence-electron chi connectivity index (χ0n) is 23.7. The van der Waals surface area contributed by atoms with Crippen molar-refractivity contribution in [2.45, 2.75) is 104 Å². The molecule has 210 valence electrons. The second kappa shape index (κ2) is 9.30. The maximum Gasteiger partial charge on any atom is 0.333 e. The fourth-order valence-electron chi connectivity index (χ4n) is 7.21. The summed E-state index contributed by atoms with van der Waals surface area (Å²) < 4.78 is 23.6. The number of aliphatic hydroxyl groups excluding tert-OH is 1. The Morgan fingerprint density at radius 1 is 1.03 bits per heavy atom. The molecule has 38 heavy (non-hydrogen) atoms. The Kier molecular flexibility index (Phi) is 6.97. The molecule has 0 radical (unpaired) electrons. The minimum atomic E-state index is -1.28. The van der Waals surface area contributed by atoms with E-state index in [0.29, 0.717) is 17.6 Å². The number of allylic oxidation sites excluding steroid dienone is 1. The van der Waals surface area contributed by atoms with Crippen LogP contribution in [0.4, 0.5) is 0 Å². The van der Waals surface area contributed by atoms with Crippen molar-refractivity contribution in [2.75, 3.05) is 0 Å². The molecule has 9 nitrogen and oxygen atoms in total. The Balaban J connectivity index is 1.87. The van der Waals surface area contributed by atoms with Gasteiger partial charge in [-0.15, -0.1) is 0 Å². The standard InChI is InChI=1S/C29H40O9/c1-10-13(2)26(34)37-23-20-19(27(20,8)9)22(35-17(6)30)16(5)24(33)28-12-15(4)25(36-18(7)31)29(28,38-28)11-14(3)21(23)32/h10-11,15-16,19-23,25,32H,12H2,1-9H3. The lowest BCUT2D eigenvalue weighted by atomic mass is 9.80. The van der Waals surface area contributed by atoms with Gasteiger partial charge in [-0.05, 0) is 50.2 Å². The molecule has 10 atom stereocenters. The number of carbonyl (C=O) groups is 4. The molecule has 3 aliphatic carbocycles. The molecule has 1 N–H and O–H groups in total. The summed E-state index contributed by atoms with van der Waals surface area (Å²) in [6.07, 6.45) is -0.143. The number of hydrogen-bond acceptors (Lipinski definition) is 9. The first-order chi connectivity index (χ1) is 17.6. The molecule has 0 bridgehead atoms. The largest absolute Gasteiger partial charge is 0.461 e. The average Bonchev–Trinajstić information content (AvgIpc) is 3.62. The van der Waals surface area contributed by atoms with E-state index >= 15 is 0 Å². The number of rotatable bonds is 4. The van der Waals surface area contributed by atoms with Crippen LogP contribution in [-0.4, -0.2) is 64.4 Å². The molecule has 1 saturated heterocycles. The molecule has 2 saturated carbocycles. The topological polar surface area (TPSA) is 129 Å². The van der Waals surface area contributed by atoms with Crippen molar-refractivity contribution in [1.29, 1.82) is 0 Å². The van der Waals surface area contributed by atoms with Crippen LogP contribution in [0.5, 0.6) is 0 Å². The second-order valence-electron chi connectivity index (χ2n) is 12.2. The van der Waals surface area contributed by atoms with Crippen LogP contribution >= 0.6 is 0 Å². The summed E-state index contributed by atoms with van der Waals surface area (Å²) in [5.74, 6) is -3.52. The summed E-state index contributed by atoms with van der Waals surface area (Å²) in [5.41, 5.74) is -2.22. The summed E-state index contributed by atoms with van der Waals surface area (Å²) in [4.78, 5) is 51.3. The fraction of sp³-hybridized carbons (Fsp3) is 0.724. The second-order valence-corrected chi connectivity index (χ2v) is 12.2. The highest BCUT2D eigenvalue weighted by atomic mass is 16.7. The molecular weight excluding hydrogens is 492 g/mol. The molecule has 4 rings (SSSR count). The normalized spacial score (nSPS) is 43.4. The maximum atomic E-state index is 14.2. The van der Waals surface area contributed by atoms with Gasteiger partial charge < -0.3 is 24.1 Å². The molecule has 10 unspecified atom stereocenters. The number of esters is 3. The van der Waals surface area contributed by atoms with Crippen molar-refractivity contribution in [3.63, 3.8) is 0 Å². The Morgan fingerprint density at radius 2 is 1.61 bits per heavy atom. The molecular formula is C29H40O9. The molecule has 4 aliphatic rings. The van der Waals surface area contributed by atoms with E-state index in [1.165, 1.54) is 13.8 Å². The fourth-order valence-corrected chi connectivity index (χ4v) is 7.21. The van der Waals surface area contributed by atoms with Crippen LogP contribution in [0.25, 0.3) is 0 Å². The van der Waals surface area contributed by atoms with E-state index in [9.17, 15) is 24.3 Å². The number of carbonyl (C=O) groups excluding carboxylic acids is 4. The summed E-state index contributed by atoms with van der Waals surface area (Å²) in [5, 5.41) is 11.6. The van der Waals surface area contributed by atoms with E-state index in [-0.39, 0.29) is 23.5 Å². The van der Waals surface area contributed by atoms with Gasteiger partial charge in [0.25, 0.3) is 0 Å². The zero-order valence-corrected chi connectivity index (χ0v) is 23.7. The van der Waals surface area contributed by atoms with Crippen molar-refractivity contribution < 1.29 is 43.2 Å². The molecule has 0 amide bonds. The Bertz CT molecular complexity index is 1120. The van der Waals surface area contributed by atoms with Crippen molar-refractivity contribution in [3.05, 3.63) is 23.3 Å². The zero-order chi connectivity index (χ0) is 28.5. The van der Waals surface area contributed by atoms with Gasteiger partial charge in [0, 0.05) is 31.3 Å². The third-order valence-corrected chi connectivity index (χ3v) is 9.30. The van der Waals surface area contributed by atoms with Crippen LogP contribution in [0, 0.1) is 29.1 Å². The lowest BCUT2D eigenvalue weighted by molar-refractivity contribution is -0.157. The van der Waals surface area contributed by atoms with Gasteiger partial charge >= 0.3 is 17.9 Å². The van der Waals surface area contributed by atoms with Gasteiger partial charge in [-0.1, -0.05) is 33.8 Å². The molecule has 0 spiro atoms. The summed E-state index contributed by atoms with van der Waals surface area (Å²) in [6, 6.07) is 0. The average molecular weight is 533 g/mol. The van der Waals surface area contributed by atoms with Crippen molar-refractivity contribution in [3.8, 4) is 0 Å². The number of epoxide rings is 1. The predicted molar refractivity (Wildman–Crippen MR) is 135 cm³/mol. The van der Waals surface area contributed by atoms with Gasteiger partial charge in [0.2, 0.25) is 0 Å². The number of Topliss-reactive ketones (excluding diaryl/α,β-unsaturated/α-hetero) is 1. The van der Waals surface area contributed by atoms with E-state index in [1.807, 2.05) is 20.8 Å². The minimum Gasteiger partial charge on any atom is -0.461 e. The van der Waals surface area contributed by atoms with Crippen LogP contribution in [-0.2, 0) is 38.1 Å². The first-order valence-corrected chi connectivity index (χ1v) is 13.4. The number of hydrogen-bond donors (Lipinski definition) is 1. The van der Waals surface area contributed by atoms with Crippen LogP contribution in [0.1, 0.15) is 68.7 Å². The number of ketones is 1. The van der Waals surface area contributed by atoms with Gasteiger partial charge in [0.05, 0.1) is 5.92 Å². The molecule has 3 fully saturated rings. The monoisotopic (exact) mass is 532 g/mol. The van der Waals surface area contributed by atoms with Crippen LogP contribution in [0.2, 0.25) is 0 Å². The summed E-state index contributed by atoms with van der Waals surface area (Å²) >= 11 is 0. The minimum absolute atomic E-state index is 0.198. The Labute approximate surface area is 223 Å². The van der Waals surface area contributed by atoms with Crippen LogP contribution < -0.4 is 0 Å². The molecule has 0 aromatic rings. The van der Waals surface area contributed by atoms with E-state index in [4.69, 9.17) is 18.9 Å². The number of aliphatic hydroxyl groups is 1. The van der Waals surface area contributed by atoms with Crippen molar-refractivity contribution in [2.24, 2.45) is 29.1 Å². The highest BCUT2D eigenvalue weighted by Crippen LogP contribution is 2.68. The van der Waals surface area contributed by atoms with Gasteiger partial charge in [0.1, 0.15) is 24.4 Å². The highest BCUT2D eigenvalue weighted by molar-refractivity contribution is 5.96. The third-order valence-electron chi connectivity index (χ3n) is 9.30. The third kappa shape index (κ3) is 4.13. The van der Waals surface area contributed by atoms with Crippen molar-refractivity contribution >= 4 is 23.7 Å². The summed E-state index contributed by atoms with van der Waals surface area (Å²) in [7, 11) is 0. The SMILES string of the molecule is CC=C(C)C(=O)OC1C(O)C(C)=CC23OC2(CC(C)C3OC(C)=O)C(=O)C(C)C(OC(C)=O)C2C1C2(C)C. The van der Waals surface area contributed by atoms with Crippen molar-refractivity contribution in [1.82, 2.24) is 0 Å². The first-order valence-electron chi connectivity index (χ1n) is 13.4. The van der Waals surface area contributed by atoms with Gasteiger partial charge in [-0.3, -0.25) is 14.4 Å². The molecule has 9 heteroatoms. The van der Waals surface area contributed by atoms with Gasteiger partial charge in [-0.2, -0.15) is 0 Å². The van der Waals surface area contributed by atoms with E-state index in [2.05, 4.69) is 0 Å². The molecule has 1 heterocycles. The Morgan fingerprint density at radius 3 is 2.16 bits per heavy atom. The quantitative estimate of drug-likeness (QED) is 0.191. The number of fused-ring (bicyclic) bond motifs is 1.